The van der Waals surface area contributed by atoms with Crippen LogP contribution in [0.25, 0.3) is 0 Å². The summed E-state index contributed by atoms with van der Waals surface area (Å²) < 4.78 is 11.3. The van der Waals surface area contributed by atoms with Gasteiger partial charge in [-0.3, -0.25) is 4.79 Å². The Kier molecular flexibility index (Phi) is 6.52. The molecule has 0 aliphatic carbocycles. The van der Waals surface area contributed by atoms with E-state index in [0.717, 1.165) is 4.90 Å². The second-order valence-electron chi connectivity index (χ2n) is 5.62. The Bertz CT molecular complexity index is 822. The highest BCUT2D eigenvalue weighted by atomic mass is 32.2. The third-order valence-corrected chi connectivity index (χ3v) is 4.61. The predicted octanol–water partition coefficient (Wildman–Crippen LogP) is 3.89. The maximum atomic E-state index is 11.5. The summed E-state index contributed by atoms with van der Waals surface area (Å²) >= 11 is 1.56. The molecule has 26 heavy (non-hydrogen) atoms. The molecule has 0 atom stereocenters. The molecular weight excluding hydrogens is 354 g/mol. The van der Waals surface area contributed by atoms with Crippen molar-refractivity contribution >= 4 is 23.6 Å². The molecule has 0 aliphatic heterocycles. The first-order chi connectivity index (χ1) is 12.3. The van der Waals surface area contributed by atoms with Crippen LogP contribution < -0.4 is 9.47 Å². The number of amides is 1. The van der Waals surface area contributed by atoms with Gasteiger partial charge in [0.2, 0.25) is 5.91 Å². The standard InChI is InChI=1S/C19H21NO5S/c1-12(21)20(2)11-14-9-13(19(22)23)5-7-16(14)25-15-6-8-18(26-4)17(10-15)24-3/h5-10H,11H2,1-4H3,(H,22,23). The summed E-state index contributed by atoms with van der Waals surface area (Å²) in [5.41, 5.74) is 0.745. The van der Waals surface area contributed by atoms with Crippen molar-refractivity contribution in [3.8, 4) is 17.2 Å². The Labute approximate surface area is 156 Å². The highest BCUT2D eigenvalue weighted by Gasteiger charge is 2.14. The van der Waals surface area contributed by atoms with Gasteiger partial charge in [0, 0.05) is 37.0 Å². The van der Waals surface area contributed by atoms with E-state index in [4.69, 9.17) is 9.47 Å². The smallest absolute Gasteiger partial charge is 0.335 e. The van der Waals surface area contributed by atoms with Crippen molar-refractivity contribution < 1.29 is 24.2 Å². The summed E-state index contributed by atoms with van der Waals surface area (Å²) in [6, 6.07) is 10.1. The summed E-state index contributed by atoms with van der Waals surface area (Å²) in [5.74, 6) is 0.591. The zero-order valence-electron chi connectivity index (χ0n) is 15.1. The molecule has 2 aromatic carbocycles. The van der Waals surface area contributed by atoms with Crippen molar-refractivity contribution in [3.63, 3.8) is 0 Å². The van der Waals surface area contributed by atoms with Gasteiger partial charge in [-0.15, -0.1) is 11.8 Å². The first-order valence-corrected chi connectivity index (χ1v) is 9.06. The Morgan fingerprint density at radius 3 is 2.46 bits per heavy atom. The number of methoxy groups -OCH3 is 1. The van der Waals surface area contributed by atoms with Gasteiger partial charge in [0.05, 0.1) is 12.7 Å². The Hall–Kier alpha value is -2.67. The van der Waals surface area contributed by atoms with Crippen molar-refractivity contribution in [1.82, 2.24) is 4.90 Å². The topological polar surface area (TPSA) is 76.1 Å². The van der Waals surface area contributed by atoms with Crippen LogP contribution in [0.1, 0.15) is 22.8 Å². The fourth-order valence-electron chi connectivity index (χ4n) is 2.31. The molecule has 0 fully saturated rings. The average molecular weight is 375 g/mol. The fourth-order valence-corrected chi connectivity index (χ4v) is 2.86. The SMILES string of the molecule is COc1cc(Oc2ccc(C(=O)O)cc2CN(C)C(C)=O)ccc1SC. The third kappa shape index (κ3) is 4.70. The van der Waals surface area contributed by atoms with E-state index < -0.39 is 5.97 Å². The van der Waals surface area contributed by atoms with Crippen molar-refractivity contribution in [2.75, 3.05) is 20.4 Å². The number of carboxylic acids is 1. The van der Waals surface area contributed by atoms with Crippen LogP contribution in [0, 0.1) is 0 Å². The van der Waals surface area contributed by atoms with Gasteiger partial charge in [-0.2, -0.15) is 0 Å². The van der Waals surface area contributed by atoms with Crippen LogP contribution >= 0.6 is 11.8 Å². The molecule has 0 saturated carbocycles. The lowest BCUT2D eigenvalue weighted by molar-refractivity contribution is -0.128. The van der Waals surface area contributed by atoms with Crippen LogP contribution in [0.2, 0.25) is 0 Å². The highest BCUT2D eigenvalue weighted by molar-refractivity contribution is 7.98. The number of benzene rings is 2. The number of rotatable bonds is 7. The summed E-state index contributed by atoms with van der Waals surface area (Å²) in [5, 5.41) is 9.22. The van der Waals surface area contributed by atoms with Gasteiger partial charge < -0.3 is 19.5 Å². The molecule has 0 radical (unpaired) electrons. The van der Waals surface area contributed by atoms with Gasteiger partial charge in [-0.1, -0.05) is 0 Å². The first kappa shape index (κ1) is 19.7. The Balaban J connectivity index is 2.38. The number of hydrogen-bond donors (Lipinski definition) is 1. The van der Waals surface area contributed by atoms with E-state index in [1.165, 1.54) is 24.0 Å². The van der Waals surface area contributed by atoms with Gasteiger partial charge in [0.15, 0.2) is 0 Å². The number of thioether (sulfide) groups is 1. The van der Waals surface area contributed by atoms with E-state index in [9.17, 15) is 14.7 Å². The minimum Gasteiger partial charge on any atom is -0.495 e. The van der Waals surface area contributed by atoms with Crippen molar-refractivity contribution in [1.29, 1.82) is 0 Å². The zero-order valence-corrected chi connectivity index (χ0v) is 15.9. The normalized spacial score (nSPS) is 10.3. The van der Waals surface area contributed by atoms with Crippen molar-refractivity contribution in [2.45, 2.75) is 18.4 Å². The number of carbonyl (C=O) groups excluding carboxylic acids is 1. The molecule has 0 saturated heterocycles. The highest BCUT2D eigenvalue weighted by Crippen LogP contribution is 2.34. The van der Waals surface area contributed by atoms with Crippen LogP contribution in [0.5, 0.6) is 17.2 Å². The Morgan fingerprint density at radius 1 is 1.15 bits per heavy atom. The van der Waals surface area contributed by atoms with Crippen LogP contribution in [-0.2, 0) is 11.3 Å². The molecule has 0 unspecified atom stereocenters. The molecule has 0 bridgehead atoms. The third-order valence-electron chi connectivity index (χ3n) is 3.84. The summed E-state index contributed by atoms with van der Waals surface area (Å²) in [6.07, 6.45) is 1.96. The number of hydrogen-bond acceptors (Lipinski definition) is 5. The number of nitrogens with zero attached hydrogens (tertiary/aromatic N) is 1. The van der Waals surface area contributed by atoms with Gasteiger partial charge >= 0.3 is 5.97 Å². The van der Waals surface area contributed by atoms with Gasteiger partial charge in [0.1, 0.15) is 17.2 Å². The lowest BCUT2D eigenvalue weighted by atomic mass is 10.1. The lowest BCUT2D eigenvalue weighted by Crippen LogP contribution is -2.23. The monoisotopic (exact) mass is 375 g/mol. The molecule has 6 nitrogen and oxygen atoms in total. The summed E-state index contributed by atoms with van der Waals surface area (Å²) in [4.78, 5) is 25.3. The first-order valence-electron chi connectivity index (χ1n) is 7.83. The Morgan fingerprint density at radius 2 is 1.88 bits per heavy atom. The number of ether oxygens (including phenoxy) is 2. The number of carboxylic acid groups (broad SMARTS) is 1. The zero-order chi connectivity index (χ0) is 19.3. The molecule has 0 aromatic heterocycles. The average Bonchev–Trinajstić information content (AvgIpc) is 2.62. The van der Waals surface area contributed by atoms with Crippen LogP contribution in [0.15, 0.2) is 41.3 Å². The van der Waals surface area contributed by atoms with Crippen molar-refractivity contribution in [3.05, 3.63) is 47.5 Å². The molecule has 1 N–H and O–H groups in total. The van der Waals surface area contributed by atoms with E-state index in [2.05, 4.69) is 0 Å². The fraction of sp³-hybridized carbons (Fsp3) is 0.263. The van der Waals surface area contributed by atoms with Crippen LogP contribution in [0.4, 0.5) is 0 Å². The van der Waals surface area contributed by atoms with E-state index in [1.807, 2.05) is 18.4 Å². The van der Waals surface area contributed by atoms with Gasteiger partial charge in [-0.25, -0.2) is 4.79 Å². The number of carbonyl (C=O) groups is 2. The summed E-state index contributed by atoms with van der Waals surface area (Å²) in [6.45, 7) is 1.69. The second kappa shape index (κ2) is 8.62. The largest absolute Gasteiger partial charge is 0.495 e. The molecule has 7 heteroatoms. The van der Waals surface area contributed by atoms with Crippen LogP contribution in [0.3, 0.4) is 0 Å². The molecule has 1 amide bonds. The van der Waals surface area contributed by atoms with Crippen LogP contribution in [-0.4, -0.2) is 42.3 Å². The van der Waals surface area contributed by atoms with Gasteiger partial charge in [0.25, 0.3) is 0 Å². The van der Waals surface area contributed by atoms with E-state index in [0.29, 0.717) is 22.8 Å². The molecule has 2 aromatic rings. The quantitative estimate of drug-likeness (QED) is 0.740. The minimum absolute atomic E-state index is 0.123. The molecule has 0 aliphatic rings. The van der Waals surface area contributed by atoms with Gasteiger partial charge in [-0.05, 0) is 36.6 Å². The molecule has 0 heterocycles. The maximum Gasteiger partial charge on any atom is 0.335 e. The van der Waals surface area contributed by atoms with Crippen molar-refractivity contribution in [2.24, 2.45) is 0 Å². The summed E-state index contributed by atoms with van der Waals surface area (Å²) in [7, 11) is 3.24. The van der Waals surface area contributed by atoms with E-state index >= 15 is 0 Å². The molecule has 138 valence electrons. The minimum atomic E-state index is -1.03. The molecular formula is C19H21NO5S. The maximum absolute atomic E-state index is 11.5. The molecule has 0 spiro atoms. The van der Waals surface area contributed by atoms with E-state index in [1.54, 1.807) is 38.1 Å². The molecule has 2 rings (SSSR count). The predicted molar refractivity (Wildman–Crippen MR) is 100 cm³/mol. The second-order valence-corrected chi connectivity index (χ2v) is 6.47. The lowest BCUT2D eigenvalue weighted by Gasteiger charge is -2.18. The van der Waals surface area contributed by atoms with E-state index in [-0.39, 0.29) is 18.0 Å². The number of aromatic carboxylic acids is 1.